The maximum absolute atomic E-state index is 14.3. The van der Waals surface area contributed by atoms with Gasteiger partial charge in [-0.15, -0.1) is 0 Å². The van der Waals surface area contributed by atoms with Crippen molar-refractivity contribution in [3.63, 3.8) is 0 Å². The standard InChI is InChI=1S/C11H22FN/c1-9(2)7-10(3)11(12)5-4-6-13-8-11/h9-10,13H,4-8H2,1-3H3. The number of nitrogens with one attached hydrogen (secondary N) is 1. The van der Waals surface area contributed by atoms with Crippen LogP contribution in [-0.4, -0.2) is 18.8 Å². The predicted octanol–water partition coefficient (Wildman–Crippen LogP) is 2.76. The second-order valence-corrected chi connectivity index (χ2v) is 4.85. The van der Waals surface area contributed by atoms with Gasteiger partial charge in [0, 0.05) is 6.54 Å². The number of halogens is 1. The van der Waals surface area contributed by atoms with Gasteiger partial charge >= 0.3 is 0 Å². The Bertz CT molecular complexity index is 150. The third-order valence-corrected chi connectivity index (χ3v) is 3.07. The molecule has 2 unspecified atom stereocenters. The second-order valence-electron chi connectivity index (χ2n) is 4.85. The summed E-state index contributed by atoms with van der Waals surface area (Å²) >= 11 is 0. The van der Waals surface area contributed by atoms with E-state index in [2.05, 4.69) is 19.2 Å². The lowest BCUT2D eigenvalue weighted by molar-refractivity contribution is 0.0497. The first-order chi connectivity index (χ1) is 6.04. The molecule has 1 saturated heterocycles. The van der Waals surface area contributed by atoms with E-state index in [0.717, 1.165) is 25.8 Å². The number of rotatable bonds is 3. The van der Waals surface area contributed by atoms with Crippen LogP contribution in [0.15, 0.2) is 0 Å². The summed E-state index contributed by atoms with van der Waals surface area (Å²) in [5.74, 6) is 0.796. The molecule has 1 nitrogen and oxygen atoms in total. The van der Waals surface area contributed by atoms with E-state index in [9.17, 15) is 4.39 Å². The number of alkyl halides is 1. The Hall–Kier alpha value is -0.110. The van der Waals surface area contributed by atoms with E-state index < -0.39 is 5.67 Å². The minimum Gasteiger partial charge on any atom is -0.314 e. The summed E-state index contributed by atoms with van der Waals surface area (Å²) in [6, 6.07) is 0. The average molecular weight is 187 g/mol. The quantitative estimate of drug-likeness (QED) is 0.716. The molecule has 1 heterocycles. The van der Waals surface area contributed by atoms with E-state index in [1.54, 1.807) is 0 Å². The third-order valence-electron chi connectivity index (χ3n) is 3.07. The Balaban J connectivity index is 2.46. The molecule has 1 aliphatic rings. The molecule has 1 fully saturated rings. The average Bonchev–Trinajstić information content (AvgIpc) is 2.04. The molecule has 0 aromatic heterocycles. The Kier molecular flexibility index (Phi) is 3.72. The molecule has 1 aliphatic heterocycles. The molecule has 0 aliphatic carbocycles. The van der Waals surface area contributed by atoms with Gasteiger partial charge in [-0.2, -0.15) is 0 Å². The fourth-order valence-electron chi connectivity index (χ4n) is 2.23. The van der Waals surface area contributed by atoms with Gasteiger partial charge in [0.2, 0.25) is 0 Å². The molecule has 0 aromatic rings. The van der Waals surface area contributed by atoms with Gasteiger partial charge in [-0.25, -0.2) is 4.39 Å². The molecule has 0 saturated carbocycles. The minimum absolute atomic E-state index is 0.195. The molecule has 2 heteroatoms. The van der Waals surface area contributed by atoms with E-state index in [0.29, 0.717) is 12.5 Å². The van der Waals surface area contributed by atoms with E-state index in [-0.39, 0.29) is 5.92 Å². The topological polar surface area (TPSA) is 12.0 Å². The zero-order valence-corrected chi connectivity index (χ0v) is 9.07. The highest BCUT2D eigenvalue weighted by molar-refractivity contribution is 4.90. The Morgan fingerprint density at radius 2 is 2.08 bits per heavy atom. The van der Waals surface area contributed by atoms with Gasteiger partial charge in [0.25, 0.3) is 0 Å². The summed E-state index contributed by atoms with van der Waals surface area (Å²) in [7, 11) is 0. The van der Waals surface area contributed by atoms with Crippen molar-refractivity contribution >= 4 is 0 Å². The largest absolute Gasteiger partial charge is 0.314 e. The number of hydrogen-bond acceptors (Lipinski definition) is 1. The predicted molar refractivity (Wildman–Crippen MR) is 54.6 cm³/mol. The van der Waals surface area contributed by atoms with Crippen LogP contribution in [0.5, 0.6) is 0 Å². The second kappa shape index (κ2) is 4.41. The Morgan fingerprint density at radius 1 is 1.38 bits per heavy atom. The van der Waals surface area contributed by atoms with E-state index in [1.807, 2.05) is 6.92 Å². The maximum atomic E-state index is 14.3. The molecule has 0 aromatic carbocycles. The van der Waals surface area contributed by atoms with Crippen molar-refractivity contribution in [2.45, 2.75) is 45.7 Å². The lowest BCUT2D eigenvalue weighted by Gasteiger charge is -2.36. The SMILES string of the molecule is CC(C)CC(C)C1(F)CCCNC1. The van der Waals surface area contributed by atoms with Crippen molar-refractivity contribution in [2.24, 2.45) is 11.8 Å². The first-order valence-electron chi connectivity index (χ1n) is 5.44. The summed E-state index contributed by atoms with van der Waals surface area (Å²) in [4.78, 5) is 0. The van der Waals surface area contributed by atoms with E-state index in [4.69, 9.17) is 0 Å². The molecule has 13 heavy (non-hydrogen) atoms. The number of hydrogen-bond donors (Lipinski definition) is 1. The smallest absolute Gasteiger partial charge is 0.126 e. The van der Waals surface area contributed by atoms with Gasteiger partial charge < -0.3 is 5.32 Å². The van der Waals surface area contributed by atoms with Crippen molar-refractivity contribution in [2.75, 3.05) is 13.1 Å². The monoisotopic (exact) mass is 187 g/mol. The highest BCUT2D eigenvalue weighted by Crippen LogP contribution is 2.33. The number of piperidine rings is 1. The molecule has 0 spiro atoms. The van der Waals surface area contributed by atoms with Crippen molar-refractivity contribution in [3.8, 4) is 0 Å². The minimum atomic E-state index is -0.942. The van der Waals surface area contributed by atoms with Gasteiger partial charge in [0.15, 0.2) is 0 Å². The fraction of sp³-hybridized carbons (Fsp3) is 1.00. The molecular weight excluding hydrogens is 165 g/mol. The first-order valence-corrected chi connectivity index (χ1v) is 5.44. The van der Waals surface area contributed by atoms with Gasteiger partial charge in [0.05, 0.1) is 0 Å². The summed E-state index contributed by atoms with van der Waals surface area (Å²) in [5, 5.41) is 3.15. The van der Waals surface area contributed by atoms with Crippen LogP contribution in [0.4, 0.5) is 4.39 Å². The summed E-state index contributed by atoms with van der Waals surface area (Å²) in [6.45, 7) is 7.92. The molecular formula is C11H22FN. The lowest BCUT2D eigenvalue weighted by atomic mass is 9.80. The zero-order chi connectivity index (χ0) is 9.90. The van der Waals surface area contributed by atoms with E-state index >= 15 is 0 Å². The van der Waals surface area contributed by atoms with Gasteiger partial charge in [-0.3, -0.25) is 0 Å². The molecule has 1 rings (SSSR count). The summed E-state index contributed by atoms with van der Waals surface area (Å²) < 4.78 is 14.3. The van der Waals surface area contributed by atoms with Crippen LogP contribution in [0.1, 0.15) is 40.0 Å². The molecule has 0 radical (unpaired) electrons. The first kappa shape index (κ1) is 11.0. The van der Waals surface area contributed by atoms with Gasteiger partial charge in [-0.05, 0) is 37.6 Å². The van der Waals surface area contributed by atoms with Crippen LogP contribution in [0.3, 0.4) is 0 Å². The normalized spacial score (nSPS) is 32.1. The fourth-order valence-corrected chi connectivity index (χ4v) is 2.23. The van der Waals surface area contributed by atoms with Crippen molar-refractivity contribution in [1.29, 1.82) is 0 Å². The third kappa shape index (κ3) is 2.94. The molecule has 1 N–H and O–H groups in total. The molecule has 0 amide bonds. The highest BCUT2D eigenvalue weighted by atomic mass is 19.1. The van der Waals surface area contributed by atoms with Crippen molar-refractivity contribution in [3.05, 3.63) is 0 Å². The Morgan fingerprint density at radius 3 is 2.54 bits per heavy atom. The Labute approximate surface area is 81.1 Å². The van der Waals surface area contributed by atoms with Crippen LogP contribution in [0.2, 0.25) is 0 Å². The van der Waals surface area contributed by atoms with Gasteiger partial charge in [-0.1, -0.05) is 20.8 Å². The summed E-state index contributed by atoms with van der Waals surface area (Å²) in [5.41, 5.74) is -0.942. The molecule has 78 valence electrons. The van der Waals surface area contributed by atoms with Crippen molar-refractivity contribution in [1.82, 2.24) is 5.32 Å². The van der Waals surface area contributed by atoms with Crippen LogP contribution < -0.4 is 5.32 Å². The lowest BCUT2D eigenvalue weighted by Crippen LogP contribution is -2.46. The van der Waals surface area contributed by atoms with Crippen molar-refractivity contribution < 1.29 is 4.39 Å². The van der Waals surface area contributed by atoms with Crippen LogP contribution in [0.25, 0.3) is 0 Å². The van der Waals surface area contributed by atoms with E-state index in [1.165, 1.54) is 0 Å². The molecule has 2 atom stereocenters. The summed E-state index contributed by atoms with van der Waals surface area (Å²) in [6.07, 6.45) is 2.73. The highest BCUT2D eigenvalue weighted by Gasteiger charge is 2.37. The van der Waals surface area contributed by atoms with Crippen LogP contribution >= 0.6 is 0 Å². The zero-order valence-electron chi connectivity index (χ0n) is 9.07. The van der Waals surface area contributed by atoms with Crippen LogP contribution in [-0.2, 0) is 0 Å². The van der Waals surface area contributed by atoms with Gasteiger partial charge in [0.1, 0.15) is 5.67 Å². The van der Waals surface area contributed by atoms with Crippen LogP contribution in [0, 0.1) is 11.8 Å². The molecule has 0 bridgehead atoms. The maximum Gasteiger partial charge on any atom is 0.126 e.